The average Bonchev–Trinajstić information content (AvgIpc) is 1.21. The molecular formula is C7H18LiN. The van der Waals surface area contributed by atoms with E-state index >= 15 is 0 Å². The molecule has 1 N–H and O–H groups in total. The molecule has 0 bridgehead atoms. The molecule has 0 unspecified atom stereocenters. The van der Waals surface area contributed by atoms with Gasteiger partial charge in [0.25, 0.3) is 0 Å². The van der Waals surface area contributed by atoms with Gasteiger partial charge in [0, 0.05) is 11.6 Å². The molecule has 0 aliphatic rings. The molecule has 0 fully saturated rings. The maximum Gasteiger partial charge on any atom is 1.00 e. The second-order valence-corrected chi connectivity index (χ2v) is 3.55. The van der Waals surface area contributed by atoms with E-state index in [1.165, 1.54) is 0 Å². The van der Waals surface area contributed by atoms with E-state index in [0.717, 1.165) is 0 Å². The Labute approximate surface area is 72.3 Å². The summed E-state index contributed by atoms with van der Waals surface area (Å²) in [5.74, 6) is 0. The summed E-state index contributed by atoms with van der Waals surface area (Å²) < 4.78 is 0. The summed E-state index contributed by atoms with van der Waals surface area (Å²) in [5.41, 5.74) is 0.272. The fourth-order valence-electron chi connectivity index (χ4n) is 0.866. The van der Waals surface area contributed by atoms with Gasteiger partial charge < -0.3 is 6.74 Å². The van der Waals surface area contributed by atoms with Crippen LogP contribution < -0.4 is 24.2 Å². The Morgan fingerprint density at radius 2 is 1.56 bits per heavy atom. The van der Waals surface area contributed by atoms with Crippen molar-refractivity contribution in [1.29, 1.82) is 0 Å². The van der Waals surface area contributed by atoms with Crippen molar-refractivity contribution in [3.8, 4) is 0 Å². The maximum absolute atomic E-state index is 3.38. The molecule has 0 amide bonds. The second-order valence-electron chi connectivity index (χ2n) is 3.55. The summed E-state index contributed by atoms with van der Waals surface area (Å²) in [4.78, 5) is 0. The Kier molecular flexibility index (Phi) is 5.97. The molecule has 0 aromatic heterocycles. The van der Waals surface area contributed by atoms with Crippen molar-refractivity contribution in [2.75, 3.05) is 0 Å². The van der Waals surface area contributed by atoms with Crippen molar-refractivity contribution in [3.05, 3.63) is 0 Å². The zero-order valence-electron chi connectivity index (χ0n) is 8.58. The van der Waals surface area contributed by atoms with Crippen LogP contribution in [-0.2, 0) is 0 Å². The zero-order chi connectivity index (χ0) is 6.78. The molecule has 0 radical (unpaired) electrons. The third kappa shape index (κ3) is 11.9. The van der Waals surface area contributed by atoms with E-state index in [1.54, 1.807) is 0 Å². The predicted octanol–water partition coefficient (Wildman–Crippen LogP) is -1.10. The summed E-state index contributed by atoms with van der Waals surface area (Å²) in [5, 5.41) is 3.38. The molecular weight excluding hydrogens is 105 g/mol. The van der Waals surface area contributed by atoms with Crippen molar-refractivity contribution in [2.45, 2.75) is 46.2 Å². The standard InChI is InChI=1S/C7H17N.Li.H/c1-6(2)8-7(3,4)5;;/h6,8H,1-5H3;;/q;+1;-1. The maximum atomic E-state index is 3.38. The number of nitrogens with one attached hydrogen (secondary N) is 1. The summed E-state index contributed by atoms with van der Waals surface area (Å²) in [7, 11) is 0. The van der Waals surface area contributed by atoms with Crippen LogP contribution in [0.4, 0.5) is 0 Å². The van der Waals surface area contributed by atoms with Crippen LogP contribution in [0.5, 0.6) is 0 Å². The topological polar surface area (TPSA) is 12.0 Å². The molecule has 0 saturated carbocycles. The van der Waals surface area contributed by atoms with Crippen molar-refractivity contribution in [2.24, 2.45) is 0 Å². The molecule has 0 aromatic carbocycles. The monoisotopic (exact) mass is 123 g/mol. The fraction of sp³-hybridized carbons (Fsp3) is 1.00. The Hall–Kier alpha value is 0.557. The van der Waals surface area contributed by atoms with E-state index in [0.29, 0.717) is 6.04 Å². The van der Waals surface area contributed by atoms with E-state index in [2.05, 4.69) is 39.9 Å². The first-order valence-corrected chi connectivity index (χ1v) is 3.19. The zero-order valence-corrected chi connectivity index (χ0v) is 7.58. The number of hydrogen-bond acceptors (Lipinski definition) is 1. The van der Waals surface area contributed by atoms with Crippen molar-refractivity contribution >= 4 is 0 Å². The van der Waals surface area contributed by atoms with Crippen LogP contribution in [0, 0.1) is 0 Å². The van der Waals surface area contributed by atoms with Gasteiger partial charge in [-0.05, 0) is 20.8 Å². The van der Waals surface area contributed by atoms with E-state index in [4.69, 9.17) is 0 Å². The van der Waals surface area contributed by atoms with Gasteiger partial charge in [-0.2, -0.15) is 0 Å². The van der Waals surface area contributed by atoms with Gasteiger partial charge in [0.05, 0.1) is 0 Å². The van der Waals surface area contributed by atoms with E-state index in [-0.39, 0.29) is 25.8 Å². The summed E-state index contributed by atoms with van der Waals surface area (Å²) in [6, 6.07) is 0.593. The minimum absolute atomic E-state index is 0. The average molecular weight is 123 g/mol. The van der Waals surface area contributed by atoms with E-state index in [1.807, 2.05) is 0 Å². The van der Waals surface area contributed by atoms with Crippen LogP contribution in [-0.4, -0.2) is 11.6 Å². The molecule has 52 valence electrons. The molecule has 2 heteroatoms. The van der Waals surface area contributed by atoms with Crippen molar-refractivity contribution in [1.82, 2.24) is 5.32 Å². The summed E-state index contributed by atoms with van der Waals surface area (Å²) >= 11 is 0. The SMILES string of the molecule is CC(C)NC(C)(C)C.[H-].[Li+]. The third-order valence-electron chi connectivity index (χ3n) is 0.722. The van der Waals surface area contributed by atoms with Gasteiger partial charge in [-0.25, -0.2) is 0 Å². The van der Waals surface area contributed by atoms with Crippen LogP contribution in [0.3, 0.4) is 0 Å². The normalized spacial score (nSPS) is 11.3. The van der Waals surface area contributed by atoms with Gasteiger partial charge in [-0.15, -0.1) is 0 Å². The predicted molar refractivity (Wildman–Crippen MR) is 39.1 cm³/mol. The molecule has 0 saturated heterocycles. The smallest absolute Gasteiger partial charge is 1.00 e. The molecule has 0 spiro atoms. The Bertz CT molecular complexity index is 68.5. The van der Waals surface area contributed by atoms with Gasteiger partial charge in [-0.1, -0.05) is 13.8 Å². The van der Waals surface area contributed by atoms with Crippen molar-refractivity contribution < 1.29 is 20.3 Å². The molecule has 0 aliphatic carbocycles. The van der Waals surface area contributed by atoms with Crippen LogP contribution in [0.25, 0.3) is 0 Å². The van der Waals surface area contributed by atoms with Crippen LogP contribution >= 0.6 is 0 Å². The van der Waals surface area contributed by atoms with Crippen molar-refractivity contribution in [3.63, 3.8) is 0 Å². The first-order chi connectivity index (χ1) is 3.42. The molecule has 0 aromatic rings. The first-order valence-electron chi connectivity index (χ1n) is 3.19. The number of hydrogen-bond donors (Lipinski definition) is 1. The van der Waals surface area contributed by atoms with E-state index in [9.17, 15) is 0 Å². The molecule has 0 aliphatic heterocycles. The Morgan fingerprint density at radius 3 is 1.56 bits per heavy atom. The Balaban J connectivity index is -0.000000245. The van der Waals surface area contributed by atoms with Gasteiger partial charge in [0.15, 0.2) is 0 Å². The quantitative estimate of drug-likeness (QED) is 0.436. The molecule has 0 rings (SSSR count). The molecule has 0 atom stereocenters. The molecule has 9 heavy (non-hydrogen) atoms. The first kappa shape index (κ1) is 12.3. The Morgan fingerprint density at radius 1 is 1.22 bits per heavy atom. The van der Waals surface area contributed by atoms with Crippen LogP contribution in [0.2, 0.25) is 0 Å². The minimum Gasteiger partial charge on any atom is -1.00 e. The third-order valence-corrected chi connectivity index (χ3v) is 0.722. The largest absolute Gasteiger partial charge is 1.00 e. The fourth-order valence-corrected chi connectivity index (χ4v) is 0.866. The minimum atomic E-state index is 0. The van der Waals surface area contributed by atoms with Gasteiger partial charge in [0.1, 0.15) is 0 Å². The molecule has 0 heterocycles. The van der Waals surface area contributed by atoms with E-state index < -0.39 is 0 Å². The second kappa shape index (κ2) is 4.39. The van der Waals surface area contributed by atoms with Gasteiger partial charge in [0.2, 0.25) is 0 Å². The molecule has 1 nitrogen and oxygen atoms in total. The number of rotatable bonds is 1. The summed E-state index contributed by atoms with van der Waals surface area (Å²) in [6.45, 7) is 10.8. The summed E-state index contributed by atoms with van der Waals surface area (Å²) in [6.07, 6.45) is 0. The van der Waals surface area contributed by atoms with Crippen LogP contribution in [0.1, 0.15) is 36.0 Å². The van der Waals surface area contributed by atoms with Gasteiger partial charge >= 0.3 is 18.9 Å². The van der Waals surface area contributed by atoms with Crippen LogP contribution in [0.15, 0.2) is 0 Å². The van der Waals surface area contributed by atoms with Gasteiger partial charge in [-0.3, -0.25) is 0 Å².